The number of ether oxygens (including phenoxy) is 1. The summed E-state index contributed by atoms with van der Waals surface area (Å²) in [7, 11) is 1.69. The van der Waals surface area contributed by atoms with Crippen LogP contribution >= 0.6 is 11.3 Å². The molecule has 2 heterocycles. The smallest absolute Gasteiger partial charge is 0.206 e. The molecule has 0 atom stereocenters. The zero-order chi connectivity index (χ0) is 21.2. The van der Waals surface area contributed by atoms with Gasteiger partial charge in [0.15, 0.2) is 0 Å². The quantitative estimate of drug-likeness (QED) is 0.362. The second kappa shape index (κ2) is 8.24. The van der Waals surface area contributed by atoms with Gasteiger partial charge in [-0.05, 0) is 42.0 Å². The van der Waals surface area contributed by atoms with Gasteiger partial charge in [-0.3, -0.25) is 4.99 Å². The average molecular weight is 427 g/mol. The highest BCUT2D eigenvalue weighted by Gasteiger charge is 2.09. The predicted octanol–water partition coefficient (Wildman–Crippen LogP) is 5.66. The Morgan fingerprint density at radius 2 is 1.90 bits per heavy atom. The van der Waals surface area contributed by atoms with Crippen LogP contribution in [0.2, 0.25) is 0 Å². The molecule has 5 rings (SSSR count). The molecule has 5 nitrogen and oxygen atoms in total. The van der Waals surface area contributed by atoms with Crippen molar-refractivity contribution in [2.45, 2.75) is 6.92 Å². The molecule has 0 aliphatic heterocycles. The summed E-state index contributed by atoms with van der Waals surface area (Å²) in [5.41, 5.74) is 4.27. The van der Waals surface area contributed by atoms with E-state index in [4.69, 9.17) is 9.84 Å². The normalized spacial score (nSPS) is 12.4. The molecule has 0 aliphatic carbocycles. The fourth-order valence-electron chi connectivity index (χ4n) is 3.68. The van der Waals surface area contributed by atoms with E-state index in [0.29, 0.717) is 6.54 Å². The van der Waals surface area contributed by atoms with E-state index in [1.165, 1.54) is 0 Å². The number of para-hydroxylation sites is 1. The molecular weight excluding hydrogens is 404 g/mol. The minimum Gasteiger partial charge on any atom is -0.497 e. The van der Waals surface area contributed by atoms with Gasteiger partial charge in [-0.15, -0.1) is 11.3 Å². The first-order valence-corrected chi connectivity index (χ1v) is 11.0. The summed E-state index contributed by atoms with van der Waals surface area (Å²) in [6.45, 7) is 2.75. The third-order valence-electron chi connectivity index (χ3n) is 5.26. The van der Waals surface area contributed by atoms with Gasteiger partial charge in [-0.2, -0.15) is 5.10 Å². The van der Waals surface area contributed by atoms with Crippen LogP contribution in [0.25, 0.3) is 32.9 Å². The molecule has 5 aromatic rings. The average Bonchev–Trinajstić information content (AvgIpc) is 3.41. The van der Waals surface area contributed by atoms with Crippen LogP contribution in [0.3, 0.4) is 0 Å². The van der Waals surface area contributed by atoms with E-state index in [1.54, 1.807) is 18.4 Å². The molecule has 0 fully saturated rings. The monoisotopic (exact) mass is 426 g/mol. The maximum Gasteiger partial charge on any atom is 0.206 e. The largest absolute Gasteiger partial charge is 0.497 e. The van der Waals surface area contributed by atoms with E-state index in [-0.39, 0.29) is 0 Å². The Morgan fingerprint density at radius 3 is 2.77 bits per heavy atom. The van der Waals surface area contributed by atoms with Crippen molar-refractivity contribution >= 4 is 39.2 Å². The summed E-state index contributed by atoms with van der Waals surface area (Å²) >= 11 is 1.60. The number of nitrogens with one attached hydrogen (secondary N) is 1. The third-order valence-corrected chi connectivity index (χ3v) is 6.11. The zero-order valence-electron chi connectivity index (χ0n) is 17.4. The Hall–Kier alpha value is -3.64. The molecule has 0 saturated heterocycles. The third kappa shape index (κ3) is 3.66. The standard InChI is InChI=1S/C25H22N4OS/c1-3-26-25-29(28-15-20-14-27-23-7-5-4-6-22(20)23)24(16-31-25)19-9-8-18-13-21(30-2)11-10-17(18)12-19/h4-16,27H,3H2,1-2H3. The Balaban J connectivity index is 1.60. The topological polar surface area (TPSA) is 54.7 Å². The summed E-state index contributed by atoms with van der Waals surface area (Å²) in [5.74, 6) is 0.859. The minimum atomic E-state index is 0.708. The van der Waals surface area contributed by atoms with Gasteiger partial charge >= 0.3 is 0 Å². The van der Waals surface area contributed by atoms with E-state index in [0.717, 1.165) is 49.0 Å². The van der Waals surface area contributed by atoms with Crippen LogP contribution in [0.1, 0.15) is 12.5 Å². The Kier molecular flexibility index (Phi) is 5.14. The lowest BCUT2D eigenvalue weighted by Gasteiger charge is -2.07. The molecule has 6 heteroatoms. The zero-order valence-corrected chi connectivity index (χ0v) is 18.2. The fraction of sp³-hybridized carbons (Fsp3) is 0.120. The number of aromatic nitrogens is 2. The number of hydrogen-bond acceptors (Lipinski definition) is 4. The Labute approximate surface area is 184 Å². The molecule has 0 radical (unpaired) electrons. The van der Waals surface area contributed by atoms with E-state index in [1.807, 2.05) is 48.3 Å². The molecular formula is C25H22N4OS. The van der Waals surface area contributed by atoms with Crippen molar-refractivity contribution in [1.82, 2.24) is 9.66 Å². The molecule has 0 saturated carbocycles. The second-order valence-corrected chi connectivity index (χ2v) is 7.99. The van der Waals surface area contributed by atoms with Crippen LogP contribution < -0.4 is 9.54 Å². The molecule has 0 unspecified atom stereocenters. The molecule has 3 aromatic carbocycles. The van der Waals surface area contributed by atoms with Crippen LogP contribution in [-0.2, 0) is 0 Å². The van der Waals surface area contributed by atoms with Crippen molar-refractivity contribution in [2.24, 2.45) is 10.1 Å². The van der Waals surface area contributed by atoms with Crippen molar-refractivity contribution in [3.8, 4) is 17.0 Å². The molecule has 2 aromatic heterocycles. The number of thiazole rings is 1. The highest BCUT2D eigenvalue weighted by Crippen LogP contribution is 2.27. The molecule has 1 N–H and O–H groups in total. The van der Waals surface area contributed by atoms with Crippen molar-refractivity contribution in [1.29, 1.82) is 0 Å². The van der Waals surface area contributed by atoms with Crippen molar-refractivity contribution in [3.63, 3.8) is 0 Å². The maximum atomic E-state index is 5.35. The lowest BCUT2D eigenvalue weighted by atomic mass is 10.1. The van der Waals surface area contributed by atoms with Gasteiger partial charge in [0.1, 0.15) is 5.75 Å². The van der Waals surface area contributed by atoms with Gasteiger partial charge in [0.2, 0.25) is 4.80 Å². The summed E-state index contributed by atoms with van der Waals surface area (Å²) in [6.07, 6.45) is 3.89. The molecule has 0 bridgehead atoms. The number of nitrogens with zero attached hydrogens (tertiary/aromatic N) is 3. The van der Waals surface area contributed by atoms with Gasteiger partial charge in [0.05, 0.1) is 19.0 Å². The lowest BCUT2D eigenvalue weighted by molar-refractivity contribution is 0.415. The van der Waals surface area contributed by atoms with E-state index in [9.17, 15) is 0 Å². The highest BCUT2D eigenvalue weighted by molar-refractivity contribution is 7.07. The fourth-order valence-corrected chi connectivity index (χ4v) is 4.59. The van der Waals surface area contributed by atoms with Crippen LogP contribution in [0.15, 0.2) is 82.3 Å². The molecule has 0 amide bonds. The van der Waals surface area contributed by atoms with E-state index in [2.05, 4.69) is 51.8 Å². The number of aromatic amines is 1. The van der Waals surface area contributed by atoms with Gasteiger partial charge < -0.3 is 9.72 Å². The number of H-pyrrole nitrogens is 1. The summed E-state index contributed by atoms with van der Waals surface area (Å²) in [4.78, 5) is 8.82. The highest BCUT2D eigenvalue weighted by atomic mass is 32.1. The van der Waals surface area contributed by atoms with Gasteiger partial charge in [-0.1, -0.05) is 36.4 Å². The minimum absolute atomic E-state index is 0.708. The van der Waals surface area contributed by atoms with Crippen LogP contribution in [0.5, 0.6) is 5.75 Å². The number of hydrogen-bond donors (Lipinski definition) is 1. The predicted molar refractivity (Wildman–Crippen MR) is 129 cm³/mol. The first kappa shape index (κ1) is 19.3. The first-order chi connectivity index (χ1) is 15.3. The second-order valence-electron chi connectivity index (χ2n) is 7.15. The Morgan fingerprint density at radius 1 is 1.06 bits per heavy atom. The van der Waals surface area contributed by atoms with E-state index >= 15 is 0 Å². The van der Waals surface area contributed by atoms with Crippen molar-refractivity contribution in [2.75, 3.05) is 13.7 Å². The van der Waals surface area contributed by atoms with Crippen molar-refractivity contribution < 1.29 is 4.74 Å². The summed E-state index contributed by atoms with van der Waals surface area (Å²) in [6, 6.07) is 20.8. The van der Waals surface area contributed by atoms with Crippen LogP contribution in [0, 0.1) is 0 Å². The van der Waals surface area contributed by atoms with Gasteiger partial charge in [-0.25, -0.2) is 4.68 Å². The molecule has 0 aliphatic rings. The molecule has 31 heavy (non-hydrogen) atoms. The van der Waals surface area contributed by atoms with Crippen LogP contribution in [-0.4, -0.2) is 29.5 Å². The molecule has 154 valence electrons. The van der Waals surface area contributed by atoms with Gasteiger partial charge in [0, 0.05) is 40.2 Å². The number of rotatable bonds is 5. The summed E-state index contributed by atoms with van der Waals surface area (Å²) in [5, 5.41) is 10.4. The van der Waals surface area contributed by atoms with Crippen molar-refractivity contribution in [3.05, 3.63) is 82.6 Å². The molecule has 0 spiro atoms. The van der Waals surface area contributed by atoms with Gasteiger partial charge in [0.25, 0.3) is 0 Å². The maximum absolute atomic E-state index is 5.35. The van der Waals surface area contributed by atoms with Crippen LogP contribution in [0.4, 0.5) is 0 Å². The summed E-state index contributed by atoms with van der Waals surface area (Å²) < 4.78 is 7.28. The Bertz CT molecular complexity index is 1470. The SMILES string of the molecule is CCN=c1scc(-c2ccc3cc(OC)ccc3c2)n1N=Cc1c[nH]c2ccccc12. The number of benzene rings is 3. The first-order valence-electron chi connectivity index (χ1n) is 10.2. The lowest BCUT2D eigenvalue weighted by Crippen LogP contribution is -2.12. The van der Waals surface area contributed by atoms with E-state index < -0.39 is 0 Å². The number of fused-ring (bicyclic) bond motifs is 2. The number of methoxy groups -OCH3 is 1.